The van der Waals surface area contributed by atoms with Gasteiger partial charge in [-0.15, -0.1) is 0 Å². The Labute approximate surface area is 116 Å². The Morgan fingerprint density at radius 1 is 1.32 bits per heavy atom. The molecule has 3 atom stereocenters. The second kappa shape index (κ2) is 7.85. The molecule has 2 fully saturated rings. The Balaban J connectivity index is 1.59. The summed E-state index contributed by atoms with van der Waals surface area (Å²) in [4.78, 5) is 12.1. The minimum Gasteiger partial charge on any atom is -0.381 e. The molecule has 1 saturated carbocycles. The summed E-state index contributed by atoms with van der Waals surface area (Å²) in [7, 11) is 0. The highest BCUT2D eigenvalue weighted by Gasteiger charge is 2.37. The highest BCUT2D eigenvalue weighted by atomic mass is 16.5. The number of fused-ring (bicyclic) bond motifs is 1. The summed E-state index contributed by atoms with van der Waals surface area (Å²) >= 11 is 0. The van der Waals surface area contributed by atoms with Crippen molar-refractivity contribution in [1.82, 2.24) is 10.6 Å². The van der Waals surface area contributed by atoms with Crippen LogP contribution in [0.4, 0.5) is 0 Å². The molecule has 0 aromatic heterocycles. The highest BCUT2D eigenvalue weighted by Crippen LogP contribution is 2.33. The van der Waals surface area contributed by atoms with Gasteiger partial charge in [-0.1, -0.05) is 19.8 Å². The molecule has 1 saturated heterocycles. The SMILES string of the molecule is CCCOCCCNC(=O)C1CC2CCCCC2N1. The van der Waals surface area contributed by atoms with Crippen molar-refractivity contribution in [3.63, 3.8) is 0 Å². The maximum Gasteiger partial charge on any atom is 0.237 e. The number of hydrogen-bond donors (Lipinski definition) is 2. The van der Waals surface area contributed by atoms with Crippen molar-refractivity contribution in [2.45, 2.75) is 64.0 Å². The Morgan fingerprint density at radius 3 is 2.95 bits per heavy atom. The third kappa shape index (κ3) is 4.46. The summed E-state index contributed by atoms with van der Waals surface area (Å²) in [6.45, 7) is 4.40. The molecule has 3 unspecified atom stereocenters. The molecular weight excluding hydrogens is 240 g/mol. The van der Waals surface area contributed by atoms with Crippen LogP contribution in [-0.4, -0.2) is 37.7 Å². The average molecular weight is 268 g/mol. The van der Waals surface area contributed by atoms with Crippen LogP contribution in [0.5, 0.6) is 0 Å². The van der Waals surface area contributed by atoms with E-state index in [1.54, 1.807) is 0 Å². The monoisotopic (exact) mass is 268 g/mol. The number of amides is 1. The van der Waals surface area contributed by atoms with Gasteiger partial charge in [0, 0.05) is 25.8 Å². The zero-order valence-corrected chi connectivity index (χ0v) is 12.1. The molecule has 1 amide bonds. The molecular formula is C15H28N2O2. The highest BCUT2D eigenvalue weighted by molar-refractivity contribution is 5.82. The molecule has 0 spiro atoms. The van der Waals surface area contributed by atoms with Crippen LogP contribution in [0.25, 0.3) is 0 Å². The standard InChI is InChI=1S/C15H28N2O2/c1-2-9-19-10-5-8-16-15(18)14-11-12-6-3-4-7-13(12)17-14/h12-14,17H,2-11H2,1H3,(H,16,18). The summed E-state index contributed by atoms with van der Waals surface area (Å²) in [5, 5.41) is 6.54. The van der Waals surface area contributed by atoms with E-state index in [0.717, 1.165) is 44.9 Å². The first-order chi connectivity index (χ1) is 9.31. The number of nitrogens with one attached hydrogen (secondary N) is 2. The summed E-state index contributed by atoms with van der Waals surface area (Å²) in [6, 6.07) is 0.641. The number of carbonyl (C=O) groups excluding carboxylic acids is 1. The minimum absolute atomic E-state index is 0.0460. The molecule has 2 N–H and O–H groups in total. The van der Waals surface area contributed by atoms with Crippen LogP contribution in [0.3, 0.4) is 0 Å². The predicted molar refractivity (Wildman–Crippen MR) is 76.0 cm³/mol. The van der Waals surface area contributed by atoms with Crippen LogP contribution >= 0.6 is 0 Å². The van der Waals surface area contributed by atoms with Crippen molar-refractivity contribution < 1.29 is 9.53 Å². The number of hydrogen-bond acceptors (Lipinski definition) is 3. The Kier molecular flexibility index (Phi) is 6.11. The van der Waals surface area contributed by atoms with Crippen LogP contribution < -0.4 is 10.6 Å². The minimum atomic E-state index is 0.0460. The Bertz CT molecular complexity index is 269. The quantitative estimate of drug-likeness (QED) is 0.693. The average Bonchev–Trinajstić information content (AvgIpc) is 2.86. The first kappa shape index (κ1) is 14.8. The summed E-state index contributed by atoms with van der Waals surface area (Å²) in [5.74, 6) is 0.919. The lowest BCUT2D eigenvalue weighted by molar-refractivity contribution is -0.122. The van der Waals surface area contributed by atoms with E-state index < -0.39 is 0 Å². The molecule has 1 heterocycles. The van der Waals surface area contributed by atoms with Gasteiger partial charge in [0.05, 0.1) is 6.04 Å². The molecule has 2 rings (SSSR count). The molecule has 19 heavy (non-hydrogen) atoms. The topological polar surface area (TPSA) is 50.4 Å². The van der Waals surface area contributed by atoms with Gasteiger partial charge in [0.25, 0.3) is 0 Å². The molecule has 4 heteroatoms. The fourth-order valence-corrected chi connectivity index (χ4v) is 3.28. The first-order valence-corrected chi connectivity index (χ1v) is 7.92. The van der Waals surface area contributed by atoms with Crippen LogP contribution in [0.1, 0.15) is 51.9 Å². The van der Waals surface area contributed by atoms with Gasteiger partial charge in [-0.2, -0.15) is 0 Å². The normalized spacial score (nSPS) is 30.1. The largest absolute Gasteiger partial charge is 0.381 e. The second-order valence-electron chi connectivity index (χ2n) is 5.86. The third-order valence-electron chi connectivity index (χ3n) is 4.29. The molecule has 2 aliphatic rings. The van der Waals surface area contributed by atoms with Crippen LogP contribution in [0, 0.1) is 5.92 Å². The second-order valence-corrected chi connectivity index (χ2v) is 5.86. The van der Waals surface area contributed by atoms with E-state index in [2.05, 4.69) is 17.6 Å². The van der Waals surface area contributed by atoms with Crippen molar-refractivity contribution >= 4 is 5.91 Å². The third-order valence-corrected chi connectivity index (χ3v) is 4.29. The summed E-state index contributed by atoms with van der Waals surface area (Å²) < 4.78 is 5.40. The Morgan fingerprint density at radius 2 is 2.16 bits per heavy atom. The van der Waals surface area contributed by atoms with Crippen molar-refractivity contribution in [1.29, 1.82) is 0 Å². The van der Waals surface area contributed by atoms with Gasteiger partial charge in [0.15, 0.2) is 0 Å². The van der Waals surface area contributed by atoms with Crippen molar-refractivity contribution in [2.24, 2.45) is 5.92 Å². The zero-order valence-electron chi connectivity index (χ0n) is 12.1. The molecule has 0 aromatic rings. The molecule has 1 aliphatic heterocycles. The van der Waals surface area contributed by atoms with Crippen LogP contribution in [0.2, 0.25) is 0 Å². The fraction of sp³-hybridized carbons (Fsp3) is 0.933. The number of rotatable bonds is 7. The lowest BCUT2D eigenvalue weighted by Crippen LogP contribution is -2.43. The zero-order chi connectivity index (χ0) is 13.5. The summed E-state index contributed by atoms with van der Waals surface area (Å²) in [5.41, 5.74) is 0. The van der Waals surface area contributed by atoms with Crippen LogP contribution in [0.15, 0.2) is 0 Å². The van der Waals surface area contributed by atoms with E-state index in [9.17, 15) is 4.79 Å². The maximum absolute atomic E-state index is 12.1. The smallest absolute Gasteiger partial charge is 0.237 e. The predicted octanol–water partition coefficient (Wildman–Crippen LogP) is 1.84. The molecule has 0 radical (unpaired) electrons. The van der Waals surface area contributed by atoms with Gasteiger partial charge in [0.2, 0.25) is 5.91 Å². The van der Waals surface area contributed by atoms with Gasteiger partial charge in [0.1, 0.15) is 0 Å². The van der Waals surface area contributed by atoms with E-state index in [0.29, 0.717) is 6.04 Å². The fourth-order valence-electron chi connectivity index (χ4n) is 3.28. The van der Waals surface area contributed by atoms with Gasteiger partial charge in [-0.3, -0.25) is 4.79 Å². The molecule has 110 valence electrons. The molecule has 0 bridgehead atoms. The van der Waals surface area contributed by atoms with Crippen molar-refractivity contribution in [3.8, 4) is 0 Å². The Hall–Kier alpha value is -0.610. The van der Waals surface area contributed by atoms with Gasteiger partial charge < -0.3 is 15.4 Å². The van der Waals surface area contributed by atoms with E-state index in [1.807, 2.05) is 0 Å². The number of carbonyl (C=O) groups is 1. The van der Waals surface area contributed by atoms with E-state index in [-0.39, 0.29) is 11.9 Å². The van der Waals surface area contributed by atoms with E-state index in [4.69, 9.17) is 4.74 Å². The first-order valence-electron chi connectivity index (χ1n) is 7.92. The maximum atomic E-state index is 12.1. The molecule has 1 aliphatic carbocycles. The van der Waals surface area contributed by atoms with Gasteiger partial charge in [-0.25, -0.2) is 0 Å². The molecule has 0 aromatic carbocycles. The van der Waals surface area contributed by atoms with E-state index >= 15 is 0 Å². The van der Waals surface area contributed by atoms with Crippen molar-refractivity contribution in [3.05, 3.63) is 0 Å². The lowest BCUT2D eigenvalue weighted by atomic mass is 9.85. The van der Waals surface area contributed by atoms with Crippen molar-refractivity contribution in [2.75, 3.05) is 19.8 Å². The van der Waals surface area contributed by atoms with Crippen LogP contribution in [-0.2, 0) is 9.53 Å². The van der Waals surface area contributed by atoms with Gasteiger partial charge in [-0.05, 0) is 38.0 Å². The number of ether oxygens (including phenoxy) is 1. The molecule has 4 nitrogen and oxygen atoms in total. The summed E-state index contributed by atoms with van der Waals surface area (Å²) in [6.07, 6.45) is 8.20. The lowest BCUT2D eigenvalue weighted by Gasteiger charge is -2.24. The van der Waals surface area contributed by atoms with Gasteiger partial charge >= 0.3 is 0 Å². The van der Waals surface area contributed by atoms with E-state index in [1.165, 1.54) is 25.7 Å².